The van der Waals surface area contributed by atoms with E-state index in [9.17, 15) is 14.0 Å². The summed E-state index contributed by atoms with van der Waals surface area (Å²) in [5.74, 6) is -0.800. The van der Waals surface area contributed by atoms with Gasteiger partial charge in [-0.3, -0.25) is 9.59 Å². The number of benzene rings is 2. The van der Waals surface area contributed by atoms with E-state index in [-0.39, 0.29) is 24.5 Å². The van der Waals surface area contributed by atoms with Crippen LogP contribution < -0.4 is 10.9 Å². The van der Waals surface area contributed by atoms with E-state index in [1.165, 1.54) is 12.1 Å². The van der Waals surface area contributed by atoms with Crippen molar-refractivity contribution in [3.8, 4) is 11.3 Å². The SMILES string of the molecule is CSc1ccc(-c2ccc(=O)n(CC(=O)NCc3ccccc3F)n2)cc1. The summed E-state index contributed by atoms with van der Waals surface area (Å²) in [6, 6.07) is 17.0. The molecule has 0 spiro atoms. The second kappa shape index (κ2) is 8.64. The van der Waals surface area contributed by atoms with Crippen LogP contribution in [-0.2, 0) is 17.9 Å². The third-order valence-electron chi connectivity index (χ3n) is 3.98. The molecule has 3 aromatic rings. The quantitative estimate of drug-likeness (QED) is 0.665. The molecule has 0 aliphatic heterocycles. The minimum absolute atomic E-state index is 0.0517. The molecule has 0 unspecified atom stereocenters. The first-order valence-corrected chi connectivity index (χ1v) is 9.52. The Labute approximate surface area is 160 Å². The predicted molar refractivity (Wildman–Crippen MR) is 104 cm³/mol. The van der Waals surface area contributed by atoms with Gasteiger partial charge >= 0.3 is 0 Å². The Morgan fingerprint density at radius 1 is 1.11 bits per heavy atom. The molecule has 0 fully saturated rings. The summed E-state index contributed by atoms with van der Waals surface area (Å²) in [4.78, 5) is 25.3. The Hall–Kier alpha value is -2.93. The molecule has 138 valence electrons. The first kappa shape index (κ1) is 18.8. The van der Waals surface area contributed by atoms with Gasteiger partial charge in [0.2, 0.25) is 5.91 Å². The van der Waals surface area contributed by atoms with Gasteiger partial charge < -0.3 is 5.32 Å². The van der Waals surface area contributed by atoms with Crippen molar-refractivity contribution in [1.29, 1.82) is 0 Å². The molecule has 0 aliphatic carbocycles. The van der Waals surface area contributed by atoms with Crippen LogP contribution in [0.1, 0.15) is 5.56 Å². The van der Waals surface area contributed by atoms with Gasteiger partial charge in [0.1, 0.15) is 12.4 Å². The van der Waals surface area contributed by atoms with Crippen LogP contribution in [-0.4, -0.2) is 21.9 Å². The molecule has 0 saturated carbocycles. The number of hydrogen-bond acceptors (Lipinski definition) is 4. The van der Waals surface area contributed by atoms with Gasteiger partial charge in [0.05, 0.1) is 5.69 Å². The molecule has 1 aromatic heterocycles. The van der Waals surface area contributed by atoms with E-state index in [1.807, 2.05) is 30.5 Å². The van der Waals surface area contributed by atoms with Crippen molar-refractivity contribution in [2.45, 2.75) is 18.0 Å². The number of rotatable bonds is 6. The van der Waals surface area contributed by atoms with Crippen LogP contribution in [0.25, 0.3) is 11.3 Å². The van der Waals surface area contributed by atoms with Gasteiger partial charge in [-0.1, -0.05) is 30.3 Å². The molecule has 1 amide bonds. The van der Waals surface area contributed by atoms with Crippen LogP contribution in [0, 0.1) is 5.82 Å². The molecule has 5 nitrogen and oxygen atoms in total. The van der Waals surface area contributed by atoms with Crippen molar-refractivity contribution in [1.82, 2.24) is 15.1 Å². The number of nitrogens with one attached hydrogen (secondary N) is 1. The third-order valence-corrected chi connectivity index (χ3v) is 4.72. The Kier molecular flexibility index (Phi) is 6.03. The maximum atomic E-state index is 13.6. The van der Waals surface area contributed by atoms with E-state index < -0.39 is 5.91 Å². The molecule has 1 heterocycles. The van der Waals surface area contributed by atoms with Gasteiger partial charge in [0, 0.05) is 28.6 Å². The van der Waals surface area contributed by atoms with E-state index >= 15 is 0 Å². The smallest absolute Gasteiger partial charge is 0.267 e. The van der Waals surface area contributed by atoms with Gasteiger partial charge in [-0.25, -0.2) is 9.07 Å². The number of amides is 1. The lowest BCUT2D eigenvalue weighted by Crippen LogP contribution is -2.33. The fourth-order valence-corrected chi connectivity index (χ4v) is 2.91. The topological polar surface area (TPSA) is 64.0 Å². The van der Waals surface area contributed by atoms with Gasteiger partial charge in [-0.15, -0.1) is 11.8 Å². The summed E-state index contributed by atoms with van der Waals surface area (Å²) >= 11 is 1.64. The summed E-state index contributed by atoms with van der Waals surface area (Å²) in [6.45, 7) is -0.180. The Morgan fingerprint density at radius 3 is 2.56 bits per heavy atom. The molecular weight excluding hydrogens is 365 g/mol. The fourth-order valence-electron chi connectivity index (χ4n) is 2.51. The van der Waals surface area contributed by atoms with E-state index in [0.717, 1.165) is 15.1 Å². The standard InChI is InChI=1S/C20H18FN3O2S/c1-27-16-8-6-14(7-9-16)18-10-11-20(26)24(23-18)13-19(25)22-12-15-4-2-3-5-17(15)21/h2-11H,12-13H2,1H3,(H,22,25). The summed E-state index contributed by atoms with van der Waals surface area (Å²) in [5.41, 5.74) is 1.46. The lowest BCUT2D eigenvalue weighted by Gasteiger charge is -2.09. The number of carbonyl (C=O) groups is 1. The first-order valence-electron chi connectivity index (χ1n) is 8.29. The second-order valence-corrected chi connectivity index (χ2v) is 6.69. The monoisotopic (exact) mass is 383 g/mol. The average Bonchev–Trinajstić information content (AvgIpc) is 2.69. The molecule has 7 heteroatoms. The molecule has 3 rings (SSSR count). The Bertz CT molecular complexity index is 1000. The highest BCUT2D eigenvalue weighted by atomic mass is 32.2. The highest BCUT2D eigenvalue weighted by Gasteiger charge is 2.09. The number of nitrogens with zero attached hydrogens (tertiary/aromatic N) is 2. The van der Waals surface area contributed by atoms with Crippen LogP contribution >= 0.6 is 11.8 Å². The maximum Gasteiger partial charge on any atom is 0.267 e. The zero-order valence-corrected chi connectivity index (χ0v) is 15.5. The average molecular weight is 383 g/mol. The molecule has 27 heavy (non-hydrogen) atoms. The zero-order chi connectivity index (χ0) is 19.2. The molecule has 0 radical (unpaired) electrons. The van der Waals surface area contributed by atoms with Crippen LogP contribution in [0.4, 0.5) is 4.39 Å². The summed E-state index contributed by atoms with van der Waals surface area (Å²) in [5, 5.41) is 6.88. The van der Waals surface area contributed by atoms with Crippen molar-refractivity contribution in [3.63, 3.8) is 0 Å². The molecule has 0 aliphatic rings. The lowest BCUT2D eigenvalue weighted by molar-refractivity contribution is -0.122. The van der Waals surface area contributed by atoms with E-state index in [0.29, 0.717) is 11.3 Å². The Balaban J connectivity index is 1.71. The largest absolute Gasteiger partial charge is 0.350 e. The highest BCUT2D eigenvalue weighted by Crippen LogP contribution is 2.20. The number of hydrogen-bond donors (Lipinski definition) is 1. The maximum absolute atomic E-state index is 13.6. The highest BCUT2D eigenvalue weighted by molar-refractivity contribution is 7.98. The molecule has 1 N–H and O–H groups in total. The van der Waals surface area contributed by atoms with Crippen molar-refractivity contribution in [2.24, 2.45) is 0 Å². The Morgan fingerprint density at radius 2 is 1.85 bits per heavy atom. The normalized spacial score (nSPS) is 10.6. The third kappa shape index (κ3) is 4.83. The van der Waals surface area contributed by atoms with Crippen LogP contribution in [0.15, 0.2) is 70.4 Å². The van der Waals surface area contributed by atoms with Crippen molar-refractivity contribution < 1.29 is 9.18 Å². The van der Waals surface area contributed by atoms with Gasteiger partial charge in [-0.05, 0) is 30.5 Å². The summed E-state index contributed by atoms with van der Waals surface area (Å²) < 4.78 is 14.7. The van der Waals surface area contributed by atoms with E-state index in [4.69, 9.17) is 0 Å². The fraction of sp³-hybridized carbons (Fsp3) is 0.150. The number of aromatic nitrogens is 2. The molecule has 0 atom stereocenters. The van der Waals surface area contributed by atoms with Crippen molar-refractivity contribution >= 4 is 17.7 Å². The number of halogens is 1. The minimum Gasteiger partial charge on any atom is -0.350 e. The summed E-state index contributed by atoms with van der Waals surface area (Å²) in [7, 11) is 0. The lowest BCUT2D eigenvalue weighted by atomic mass is 10.1. The predicted octanol–water partition coefficient (Wildman–Crippen LogP) is 3.09. The van der Waals surface area contributed by atoms with Crippen LogP contribution in [0.2, 0.25) is 0 Å². The van der Waals surface area contributed by atoms with Gasteiger partial charge in [-0.2, -0.15) is 5.10 Å². The van der Waals surface area contributed by atoms with Crippen LogP contribution in [0.5, 0.6) is 0 Å². The second-order valence-electron chi connectivity index (χ2n) is 5.81. The zero-order valence-electron chi connectivity index (χ0n) is 14.7. The van der Waals surface area contributed by atoms with Crippen LogP contribution in [0.3, 0.4) is 0 Å². The molecule has 0 saturated heterocycles. The van der Waals surface area contributed by atoms with E-state index in [1.54, 1.807) is 36.0 Å². The first-order chi connectivity index (χ1) is 13.1. The van der Waals surface area contributed by atoms with Crippen molar-refractivity contribution in [2.75, 3.05) is 6.26 Å². The molecule has 0 bridgehead atoms. The van der Waals surface area contributed by atoms with E-state index in [2.05, 4.69) is 10.4 Å². The number of carbonyl (C=O) groups excluding carboxylic acids is 1. The van der Waals surface area contributed by atoms with Gasteiger partial charge in [0.15, 0.2) is 0 Å². The number of thioether (sulfide) groups is 1. The van der Waals surface area contributed by atoms with Crippen molar-refractivity contribution in [3.05, 3.63) is 82.4 Å². The molecular formula is C20H18FN3O2S. The molecule has 2 aromatic carbocycles. The minimum atomic E-state index is -0.414. The van der Waals surface area contributed by atoms with Gasteiger partial charge in [0.25, 0.3) is 5.56 Å². The summed E-state index contributed by atoms with van der Waals surface area (Å²) in [6.07, 6.45) is 1.99.